The van der Waals surface area contributed by atoms with E-state index in [1.807, 2.05) is 0 Å². The summed E-state index contributed by atoms with van der Waals surface area (Å²) in [7, 11) is 0. The molecule has 0 radical (unpaired) electrons. The molecule has 0 saturated heterocycles. The Morgan fingerprint density at radius 3 is 1.88 bits per heavy atom. The van der Waals surface area contributed by atoms with Gasteiger partial charge < -0.3 is 5.11 Å². The standard InChI is InChI=1S/C11H17F3O2/c12-11(13,14)8-10(9(15)16)6-4-2-1-3-5-7-10/h1-8H2,(H,15,16). The molecule has 1 rings (SSSR count). The first kappa shape index (κ1) is 13.3. The molecule has 0 unspecified atom stereocenters. The Bertz CT molecular complexity index is 240. The quantitative estimate of drug-likeness (QED) is 0.795. The third-order valence-electron chi connectivity index (χ3n) is 3.30. The molecular formula is C11H17F3O2. The summed E-state index contributed by atoms with van der Waals surface area (Å²) in [5.41, 5.74) is -1.57. The lowest BCUT2D eigenvalue weighted by molar-refractivity contribution is -0.181. The van der Waals surface area contributed by atoms with Gasteiger partial charge in [0.05, 0.1) is 11.8 Å². The Kier molecular flexibility index (Phi) is 4.21. The Labute approximate surface area is 92.8 Å². The van der Waals surface area contributed by atoms with Crippen molar-refractivity contribution in [3.63, 3.8) is 0 Å². The van der Waals surface area contributed by atoms with E-state index >= 15 is 0 Å². The maximum Gasteiger partial charge on any atom is 0.390 e. The predicted molar refractivity (Wildman–Crippen MR) is 53.1 cm³/mol. The largest absolute Gasteiger partial charge is 0.481 e. The van der Waals surface area contributed by atoms with E-state index < -0.39 is 24.0 Å². The zero-order chi connectivity index (χ0) is 12.2. The average Bonchev–Trinajstić information content (AvgIpc) is 2.07. The lowest BCUT2D eigenvalue weighted by atomic mass is 9.73. The van der Waals surface area contributed by atoms with Crippen molar-refractivity contribution in [3.05, 3.63) is 0 Å². The minimum absolute atomic E-state index is 0.155. The second-order valence-electron chi connectivity index (χ2n) is 4.65. The van der Waals surface area contributed by atoms with Gasteiger partial charge in [0.15, 0.2) is 0 Å². The third-order valence-corrected chi connectivity index (χ3v) is 3.30. The maximum absolute atomic E-state index is 12.4. The van der Waals surface area contributed by atoms with Gasteiger partial charge in [-0.25, -0.2) is 0 Å². The normalized spacial score (nSPS) is 22.2. The first-order chi connectivity index (χ1) is 7.36. The molecule has 0 aromatic carbocycles. The molecule has 0 spiro atoms. The monoisotopic (exact) mass is 238 g/mol. The Balaban J connectivity index is 2.79. The fraction of sp³-hybridized carbons (Fsp3) is 0.909. The maximum atomic E-state index is 12.4. The van der Waals surface area contributed by atoms with Gasteiger partial charge in [-0.2, -0.15) is 13.2 Å². The minimum atomic E-state index is -4.39. The van der Waals surface area contributed by atoms with Crippen LogP contribution in [0.2, 0.25) is 0 Å². The van der Waals surface area contributed by atoms with E-state index in [0.29, 0.717) is 12.8 Å². The summed E-state index contributed by atoms with van der Waals surface area (Å²) in [6.07, 6.45) is -1.41. The molecule has 0 atom stereocenters. The third kappa shape index (κ3) is 3.68. The van der Waals surface area contributed by atoms with Crippen molar-refractivity contribution < 1.29 is 23.1 Å². The molecule has 0 heterocycles. The lowest BCUT2D eigenvalue weighted by Crippen LogP contribution is -2.36. The van der Waals surface area contributed by atoms with Crippen LogP contribution in [0.5, 0.6) is 0 Å². The van der Waals surface area contributed by atoms with Crippen LogP contribution in [0.4, 0.5) is 13.2 Å². The fourth-order valence-corrected chi connectivity index (χ4v) is 2.43. The SMILES string of the molecule is O=C(O)C1(CC(F)(F)F)CCCCCCC1. The van der Waals surface area contributed by atoms with E-state index in [9.17, 15) is 18.0 Å². The Morgan fingerprint density at radius 2 is 1.50 bits per heavy atom. The second-order valence-corrected chi connectivity index (χ2v) is 4.65. The van der Waals surface area contributed by atoms with Gasteiger partial charge in [0.25, 0.3) is 0 Å². The van der Waals surface area contributed by atoms with Crippen LogP contribution >= 0.6 is 0 Å². The minimum Gasteiger partial charge on any atom is -0.481 e. The van der Waals surface area contributed by atoms with E-state index in [0.717, 1.165) is 19.3 Å². The van der Waals surface area contributed by atoms with Crippen LogP contribution in [0.15, 0.2) is 0 Å². The van der Waals surface area contributed by atoms with Gasteiger partial charge in [-0.3, -0.25) is 4.79 Å². The summed E-state index contributed by atoms with van der Waals surface area (Å²) in [6.45, 7) is 0. The highest BCUT2D eigenvalue weighted by atomic mass is 19.4. The summed E-state index contributed by atoms with van der Waals surface area (Å²) in [6, 6.07) is 0. The van der Waals surface area contributed by atoms with Crippen molar-refractivity contribution in [2.75, 3.05) is 0 Å². The number of halogens is 3. The number of hydrogen-bond donors (Lipinski definition) is 1. The Morgan fingerprint density at radius 1 is 1.06 bits per heavy atom. The van der Waals surface area contributed by atoms with E-state index in [2.05, 4.69) is 0 Å². The first-order valence-electron chi connectivity index (χ1n) is 5.66. The number of aliphatic carboxylic acids is 1. The van der Waals surface area contributed by atoms with Crippen LogP contribution in [0.1, 0.15) is 51.4 Å². The molecule has 0 aliphatic heterocycles. The van der Waals surface area contributed by atoms with E-state index in [4.69, 9.17) is 5.11 Å². The fourth-order valence-electron chi connectivity index (χ4n) is 2.43. The van der Waals surface area contributed by atoms with E-state index in [1.54, 1.807) is 0 Å². The molecule has 0 amide bonds. The highest BCUT2D eigenvalue weighted by Gasteiger charge is 2.47. The lowest BCUT2D eigenvalue weighted by Gasteiger charge is -2.31. The van der Waals surface area contributed by atoms with Crippen molar-refractivity contribution in [2.45, 2.75) is 57.5 Å². The van der Waals surface area contributed by atoms with Crippen molar-refractivity contribution >= 4 is 5.97 Å². The zero-order valence-corrected chi connectivity index (χ0v) is 9.15. The molecule has 1 aliphatic carbocycles. The number of carbonyl (C=O) groups is 1. The summed E-state index contributed by atoms with van der Waals surface area (Å²) < 4.78 is 37.2. The topological polar surface area (TPSA) is 37.3 Å². The van der Waals surface area contributed by atoms with Gasteiger partial charge in [0.2, 0.25) is 0 Å². The molecule has 0 bridgehead atoms. The summed E-state index contributed by atoms with van der Waals surface area (Å²) >= 11 is 0. The van der Waals surface area contributed by atoms with Gasteiger partial charge in [-0.15, -0.1) is 0 Å². The van der Waals surface area contributed by atoms with Crippen molar-refractivity contribution in [1.29, 1.82) is 0 Å². The van der Waals surface area contributed by atoms with Crippen molar-refractivity contribution in [2.24, 2.45) is 5.41 Å². The predicted octanol–water partition coefficient (Wildman–Crippen LogP) is 3.75. The van der Waals surface area contributed by atoms with E-state index in [1.165, 1.54) is 0 Å². The molecule has 0 aromatic heterocycles. The highest BCUT2D eigenvalue weighted by Crippen LogP contribution is 2.43. The molecule has 1 aliphatic rings. The second kappa shape index (κ2) is 5.06. The first-order valence-corrected chi connectivity index (χ1v) is 5.66. The van der Waals surface area contributed by atoms with Gasteiger partial charge in [0, 0.05) is 0 Å². The molecule has 16 heavy (non-hydrogen) atoms. The average molecular weight is 238 g/mol. The van der Waals surface area contributed by atoms with Crippen LogP contribution in [-0.2, 0) is 4.79 Å². The Hall–Kier alpha value is -0.740. The zero-order valence-electron chi connectivity index (χ0n) is 9.15. The van der Waals surface area contributed by atoms with Gasteiger partial charge in [0.1, 0.15) is 0 Å². The number of alkyl halides is 3. The van der Waals surface area contributed by atoms with Gasteiger partial charge in [-0.1, -0.05) is 32.1 Å². The highest BCUT2D eigenvalue weighted by molar-refractivity contribution is 5.74. The number of carboxylic acid groups (broad SMARTS) is 1. The molecule has 1 fully saturated rings. The number of carboxylic acids is 1. The van der Waals surface area contributed by atoms with Crippen molar-refractivity contribution in [1.82, 2.24) is 0 Å². The molecule has 0 aromatic rings. The number of hydrogen-bond acceptors (Lipinski definition) is 1. The van der Waals surface area contributed by atoms with Gasteiger partial charge >= 0.3 is 12.1 Å². The van der Waals surface area contributed by atoms with Crippen molar-refractivity contribution in [3.8, 4) is 0 Å². The molecule has 94 valence electrons. The van der Waals surface area contributed by atoms with Crippen LogP contribution in [-0.4, -0.2) is 17.3 Å². The van der Waals surface area contributed by atoms with Crippen LogP contribution in [0.3, 0.4) is 0 Å². The molecule has 2 nitrogen and oxygen atoms in total. The summed E-state index contributed by atoms with van der Waals surface area (Å²) in [5.74, 6) is -1.29. The number of rotatable bonds is 2. The van der Waals surface area contributed by atoms with Crippen LogP contribution in [0, 0.1) is 5.41 Å². The molecule has 1 saturated carbocycles. The smallest absolute Gasteiger partial charge is 0.390 e. The van der Waals surface area contributed by atoms with Crippen LogP contribution in [0.25, 0.3) is 0 Å². The molecule has 1 N–H and O–H groups in total. The molecule has 5 heteroatoms. The molecular weight excluding hydrogens is 221 g/mol. The van der Waals surface area contributed by atoms with Crippen LogP contribution < -0.4 is 0 Å². The van der Waals surface area contributed by atoms with E-state index in [-0.39, 0.29) is 12.8 Å². The summed E-state index contributed by atoms with van der Waals surface area (Å²) in [4.78, 5) is 11.1. The van der Waals surface area contributed by atoms with Gasteiger partial charge in [-0.05, 0) is 12.8 Å². The summed E-state index contributed by atoms with van der Waals surface area (Å²) in [5, 5.41) is 9.07.